The van der Waals surface area contributed by atoms with E-state index in [2.05, 4.69) is 6.92 Å². The summed E-state index contributed by atoms with van der Waals surface area (Å²) in [6.45, 7) is 9.67. The van der Waals surface area contributed by atoms with Gasteiger partial charge < -0.3 is 30.6 Å². The van der Waals surface area contributed by atoms with Crippen LogP contribution in [0, 0.1) is 28.1 Å². The highest BCUT2D eigenvalue weighted by Crippen LogP contribution is 2.59. The third-order valence-electron chi connectivity index (χ3n) is 8.50. The van der Waals surface area contributed by atoms with E-state index in [1.165, 1.54) is 13.8 Å². The van der Waals surface area contributed by atoms with Gasteiger partial charge in [0.2, 0.25) is 0 Å². The number of carbonyl (C=O) groups is 2. The van der Waals surface area contributed by atoms with Gasteiger partial charge in [-0.25, -0.2) is 4.79 Å². The number of rotatable bonds is 4. The van der Waals surface area contributed by atoms with Crippen molar-refractivity contribution >= 4 is 17.5 Å². The zero-order chi connectivity index (χ0) is 25.8. The maximum atomic E-state index is 14.2. The standard InChI is InChI=1S/C26H37NO7/c1-13-11-25-9-7-8-14(2)24(5,6)18(21(25)31)10-17(12-28)20(30)26(25,33)22(13)34-23(32)19(15(3)27)16(4)29/h10-11,14,18,20,22,27-30,33H,7-9,12H2,1-6H3/b19-16+,27-15?. The Labute approximate surface area is 200 Å². The second-order valence-corrected chi connectivity index (χ2v) is 10.8. The minimum absolute atomic E-state index is 0.103. The minimum atomic E-state index is -2.26. The molecule has 1 spiro atoms. The van der Waals surface area contributed by atoms with Crippen LogP contribution < -0.4 is 0 Å². The van der Waals surface area contributed by atoms with Crippen LogP contribution in [0.1, 0.15) is 60.8 Å². The van der Waals surface area contributed by atoms with Gasteiger partial charge in [0, 0.05) is 11.6 Å². The van der Waals surface area contributed by atoms with Crippen molar-refractivity contribution in [1.29, 1.82) is 5.41 Å². The van der Waals surface area contributed by atoms with E-state index in [9.17, 15) is 30.0 Å². The van der Waals surface area contributed by atoms with Crippen LogP contribution in [0.15, 0.2) is 34.6 Å². The van der Waals surface area contributed by atoms with Gasteiger partial charge in [0.15, 0.2) is 17.5 Å². The fraction of sp³-hybridized carbons (Fsp3) is 0.654. The lowest BCUT2D eigenvalue weighted by molar-refractivity contribution is -0.197. The fourth-order valence-corrected chi connectivity index (χ4v) is 6.13. The average molecular weight is 476 g/mol. The van der Waals surface area contributed by atoms with Gasteiger partial charge in [0.05, 0.1) is 12.0 Å². The van der Waals surface area contributed by atoms with Crippen LogP contribution in [0.4, 0.5) is 0 Å². The predicted molar refractivity (Wildman–Crippen MR) is 126 cm³/mol. The summed E-state index contributed by atoms with van der Waals surface area (Å²) < 4.78 is 5.64. The van der Waals surface area contributed by atoms with Gasteiger partial charge >= 0.3 is 5.97 Å². The molecule has 1 saturated carbocycles. The van der Waals surface area contributed by atoms with E-state index in [-0.39, 0.29) is 35.0 Å². The van der Waals surface area contributed by atoms with E-state index < -0.39 is 52.9 Å². The van der Waals surface area contributed by atoms with Crippen molar-refractivity contribution in [2.75, 3.05) is 6.61 Å². The smallest absolute Gasteiger partial charge is 0.344 e. The maximum absolute atomic E-state index is 14.2. The molecule has 0 saturated heterocycles. The molecule has 6 atom stereocenters. The number of ketones is 1. The number of ether oxygens (including phenoxy) is 1. The number of hydrogen-bond acceptors (Lipinski definition) is 8. The number of allylic oxidation sites excluding steroid dienone is 2. The molecule has 8 heteroatoms. The first-order chi connectivity index (χ1) is 15.7. The monoisotopic (exact) mass is 475 g/mol. The summed E-state index contributed by atoms with van der Waals surface area (Å²) in [7, 11) is 0. The molecule has 1 fully saturated rings. The van der Waals surface area contributed by atoms with E-state index in [4.69, 9.17) is 10.1 Å². The minimum Gasteiger partial charge on any atom is -0.512 e. The van der Waals surface area contributed by atoms with Crippen molar-refractivity contribution in [1.82, 2.24) is 0 Å². The Bertz CT molecular complexity index is 1000. The van der Waals surface area contributed by atoms with E-state index >= 15 is 0 Å². The Balaban J connectivity index is 2.22. The maximum Gasteiger partial charge on any atom is 0.344 e. The SMILES string of the molecule is CC(=N)/C(C(=O)OC1C(C)=CC23CCCC(C)C(C)(C)C(C=C(CO)C(O)C12O)C3=O)=C(/C)O. The van der Waals surface area contributed by atoms with Gasteiger partial charge in [-0.1, -0.05) is 45.8 Å². The molecule has 3 rings (SSSR count). The topological polar surface area (TPSA) is 148 Å². The molecule has 34 heavy (non-hydrogen) atoms. The van der Waals surface area contributed by atoms with Crippen molar-refractivity contribution in [2.45, 2.75) is 78.6 Å². The first-order valence-electron chi connectivity index (χ1n) is 11.8. The number of aliphatic hydroxyl groups is 4. The van der Waals surface area contributed by atoms with Crippen LogP contribution in [0.25, 0.3) is 0 Å². The third-order valence-corrected chi connectivity index (χ3v) is 8.50. The Morgan fingerprint density at radius 2 is 1.91 bits per heavy atom. The Kier molecular flexibility index (Phi) is 6.76. The Morgan fingerprint density at radius 1 is 1.29 bits per heavy atom. The molecule has 5 N–H and O–H groups in total. The molecule has 0 aromatic carbocycles. The molecule has 0 aliphatic heterocycles. The number of nitrogens with one attached hydrogen (secondary N) is 1. The molecule has 2 bridgehead atoms. The van der Waals surface area contributed by atoms with Crippen molar-refractivity contribution < 1.29 is 34.8 Å². The van der Waals surface area contributed by atoms with E-state index in [1.54, 1.807) is 19.1 Å². The van der Waals surface area contributed by atoms with Crippen LogP contribution in [-0.4, -0.2) is 62.3 Å². The summed E-state index contributed by atoms with van der Waals surface area (Å²) in [5.74, 6) is -2.22. The molecule has 0 amide bonds. The molecule has 0 aromatic rings. The predicted octanol–water partition coefficient (Wildman–Crippen LogP) is 2.77. The van der Waals surface area contributed by atoms with Crippen molar-refractivity contribution in [2.24, 2.45) is 22.7 Å². The molecular weight excluding hydrogens is 438 g/mol. The largest absolute Gasteiger partial charge is 0.512 e. The summed E-state index contributed by atoms with van der Waals surface area (Å²) in [6.07, 6.45) is 1.77. The third kappa shape index (κ3) is 3.58. The number of esters is 1. The summed E-state index contributed by atoms with van der Waals surface area (Å²) in [5.41, 5.74) is -4.37. The molecule has 3 aliphatic carbocycles. The molecule has 0 aromatic heterocycles. The fourth-order valence-electron chi connectivity index (χ4n) is 6.13. The summed E-state index contributed by atoms with van der Waals surface area (Å²) in [6, 6.07) is 0. The van der Waals surface area contributed by atoms with Gasteiger partial charge in [0.25, 0.3) is 0 Å². The number of carbonyl (C=O) groups excluding carboxylic acids is 2. The number of hydrogen-bond donors (Lipinski definition) is 5. The van der Waals surface area contributed by atoms with E-state index in [1.807, 2.05) is 13.8 Å². The molecule has 0 heterocycles. The number of fused-ring (bicyclic) bond motifs is 1. The van der Waals surface area contributed by atoms with E-state index in [0.29, 0.717) is 12.0 Å². The van der Waals surface area contributed by atoms with Gasteiger partial charge in [-0.2, -0.15) is 0 Å². The van der Waals surface area contributed by atoms with Crippen LogP contribution in [0.2, 0.25) is 0 Å². The molecular formula is C26H37NO7. The van der Waals surface area contributed by atoms with Crippen molar-refractivity contribution in [3.05, 3.63) is 34.6 Å². The Morgan fingerprint density at radius 3 is 2.44 bits per heavy atom. The van der Waals surface area contributed by atoms with Gasteiger partial charge in [-0.15, -0.1) is 0 Å². The van der Waals surface area contributed by atoms with Crippen LogP contribution in [0.5, 0.6) is 0 Å². The van der Waals surface area contributed by atoms with Gasteiger partial charge in [0.1, 0.15) is 17.4 Å². The summed E-state index contributed by atoms with van der Waals surface area (Å²) in [4.78, 5) is 27.2. The highest BCUT2D eigenvalue weighted by Gasteiger charge is 2.70. The highest BCUT2D eigenvalue weighted by atomic mass is 16.6. The molecule has 6 unspecified atom stereocenters. The van der Waals surface area contributed by atoms with Gasteiger partial charge in [-0.3, -0.25) is 4.79 Å². The van der Waals surface area contributed by atoms with Crippen LogP contribution in [-0.2, 0) is 14.3 Å². The molecule has 188 valence electrons. The number of Topliss-reactive ketones (excluding diaryl/α,β-unsaturated/α-hetero) is 1. The summed E-state index contributed by atoms with van der Waals surface area (Å²) >= 11 is 0. The number of aliphatic hydroxyl groups excluding tert-OH is 3. The Hall–Kier alpha value is -2.29. The van der Waals surface area contributed by atoms with Gasteiger partial charge in [-0.05, 0) is 49.7 Å². The average Bonchev–Trinajstić information content (AvgIpc) is 2.91. The lowest BCUT2D eigenvalue weighted by Gasteiger charge is -2.49. The first kappa shape index (κ1) is 26.3. The molecule has 3 aliphatic rings. The zero-order valence-corrected chi connectivity index (χ0v) is 20.8. The lowest BCUT2D eigenvalue weighted by Crippen LogP contribution is -2.64. The van der Waals surface area contributed by atoms with Crippen LogP contribution >= 0.6 is 0 Å². The lowest BCUT2D eigenvalue weighted by atomic mass is 9.56. The highest BCUT2D eigenvalue weighted by molar-refractivity contribution is 6.18. The first-order valence-corrected chi connectivity index (χ1v) is 11.8. The van der Waals surface area contributed by atoms with Crippen LogP contribution in [0.3, 0.4) is 0 Å². The summed E-state index contributed by atoms with van der Waals surface area (Å²) in [5, 5.41) is 51.6. The van der Waals surface area contributed by atoms with Crippen molar-refractivity contribution in [3.8, 4) is 0 Å². The quantitative estimate of drug-likeness (QED) is 0.138. The zero-order valence-electron chi connectivity index (χ0n) is 20.8. The normalized spacial score (nSPS) is 37.9. The van der Waals surface area contributed by atoms with Crippen molar-refractivity contribution in [3.63, 3.8) is 0 Å². The molecule has 8 nitrogen and oxygen atoms in total. The molecule has 0 radical (unpaired) electrons. The second kappa shape index (κ2) is 8.73. The van der Waals surface area contributed by atoms with E-state index in [0.717, 1.165) is 6.42 Å². The second-order valence-electron chi connectivity index (χ2n) is 10.8.